The highest BCUT2D eigenvalue weighted by Crippen LogP contribution is 2.34. The zero-order valence-electron chi connectivity index (χ0n) is 15.5. The number of carbonyl (C=O) groups is 1. The number of aromatic nitrogens is 2. The lowest BCUT2D eigenvalue weighted by Gasteiger charge is -2.36. The predicted octanol–water partition coefficient (Wildman–Crippen LogP) is 2.76. The highest BCUT2D eigenvalue weighted by atomic mass is 16.2. The fourth-order valence-corrected chi connectivity index (χ4v) is 4.41. The normalized spacial score (nSPS) is 24.1. The standard InChI is InChI=1S/C22H23N5O/c28-22(21-20(23-14-24-21)16-9-5-2-6-10-16)27-12-11-18-17(13-27)19(26-25-18)15-7-3-1-4-8-15/h1-10,14,17-19,25-26H,11-13H2,(H,23,24). The fraction of sp³-hybridized carbons (Fsp3) is 0.273. The van der Waals surface area contributed by atoms with Crippen molar-refractivity contribution >= 4 is 5.91 Å². The topological polar surface area (TPSA) is 73.0 Å². The van der Waals surface area contributed by atoms with Crippen molar-refractivity contribution < 1.29 is 4.79 Å². The predicted molar refractivity (Wildman–Crippen MR) is 107 cm³/mol. The Labute approximate surface area is 164 Å². The number of hydrazine groups is 1. The Morgan fingerprint density at radius 1 is 1.00 bits per heavy atom. The van der Waals surface area contributed by atoms with Crippen LogP contribution in [0.15, 0.2) is 67.0 Å². The number of rotatable bonds is 3. The number of benzene rings is 2. The number of H-pyrrole nitrogens is 1. The van der Waals surface area contributed by atoms with E-state index in [4.69, 9.17) is 0 Å². The molecule has 0 spiro atoms. The molecule has 6 nitrogen and oxygen atoms in total. The van der Waals surface area contributed by atoms with E-state index in [1.807, 2.05) is 41.3 Å². The fourth-order valence-electron chi connectivity index (χ4n) is 4.41. The molecule has 2 aliphatic rings. The van der Waals surface area contributed by atoms with Crippen LogP contribution in [-0.4, -0.2) is 39.9 Å². The van der Waals surface area contributed by atoms with Crippen molar-refractivity contribution in [3.05, 3.63) is 78.2 Å². The maximum absolute atomic E-state index is 13.3. The van der Waals surface area contributed by atoms with Crippen molar-refractivity contribution in [2.24, 2.45) is 5.92 Å². The van der Waals surface area contributed by atoms with E-state index in [1.165, 1.54) is 5.56 Å². The number of fused-ring (bicyclic) bond motifs is 1. The molecule has 28 heavy (non-hydrogen) atoms. The van der Waals surface area contributed by atoms with Gasteiger partial charge in [-0.25, -0.2) is 10.4 Å². The maximum atomic E-state index is 13.3. The molecule has 2 saturated heterocycles. The van der Waals surface area contributed by atoms with Gasteiger partial charge in [0.1, 0.15) is 11.4 Å². The lowest BCUT2D eigenvalue weighted by molar-refractivity contribution is 0.0648. The van der Waals surface area contributed by atoms with Crippen LogP contribution < -0.4 is 10.9 Å². The Kier molecular flexibility index (Phi) is 4.43. The van der Waals surface area contributed by atoms with Crippen LogP contribution in [0.3, 0.4) is 0 Å². The van der Waals surface area contributed by atoms with Gasteiger partial charge in [0.15, 0.2) is 0 Å². The number of hydrogen-bond acceptors (Lipinski definition) is 4. The van der Waals surface area contributed by atoms with Crippen molar-refractivity contribution in [2.45, 2.75) is 18.5 Å². The molecule has 6 heteroatoms. The maximum Gasteiger partial charge on any atom is 0.272 e. The molecule has 2 aromatic carbocycles. The minimum absolute atomic E-state index is 0.0218. The number of hydrogen-bond donors (Lipinski definition) is 3. The summed E-state index contributed by atoms with van der Waals surface area (Å²) in [4.78, 5) is 22.7. The summed E-state index contributed by atoms with van der Waals surface area (Å²) >= 11 is 0. The van der Waals surface area contributed by atoms with Gasteiger partial charge in [-0.2, -0.15) is 0 Å². The summed E-state index contributed by atoms with van der Waals surface area (Å²) < 4.78 is 0. The van der Waals surface area contributed by atoms with Crippen molar-refractivity contribution in [3.8, 4) is 11.3 Å². The van der Waals surface area contributed by atoms with Gasteiger partial charge >= 0.3 is 0 Å². The molecule has 2 aliphatic heterocycles. The molecule has 142 valence electrons. The molecule has 0 radical (unpaired) electrons. The van der Waals surface area contributed by atoms with E-state index < -0.39 is 0 Å². The minimum Gasteiger partial charge on any atom is -0.340 e. The highest BCUT2D eigenvalue weighted by molar-refractivity contribution is 5.98. The lowest BCUT2D eigenvalue weighted by Crippen LogP contribution is -2.48. The summed E-state index contributed by atoms with van der Waals surface area (Å²) in [6, 6.07) is 20.9. The molecule has 3 heterocycles. The summed E-state index contributed by atoms with van der Waals surface area (Å²) in [5, 5.41) is 0. The molecule has 3 atom stereocenters. The summed E-state index contributed by atoms with van der Waals surface area (Å²) in [5.74, 6) is 0.358. The molecule has 3 N–H and O–H groups in total. The third-order valence-electron chi connectivity index (χ3n) is 5.86. The number of amides is 1. The SMILES string of the molecule is O=C(c1[nH]cnc1-c1ccccc1)N1CCC2NNC(c3ccccc3)C2C1. The molecule has 1 amide bonds. The van der Waals surface area contributed by atoms with Crippen molar-refractivity contribution in [3.63, 3.8) is 0 Å². The molecule has 2 fully saturated rings. The summed E-state index contributed by atoms with van der Waals surface area (Å²) in [5.41, 5.74) is 10.4. The second-order valence-electron chi connectivity index (χ2n) is 7.48. The van der Waals surface area contributed by atoms with Crippen LogP contribution in [0.2, 0.25) is 0 Å². The first-order valence-corrected chi connectivity index (χ1v) is 9.75. The number of imidazole rings is 1. The van der Waals surface area contributed by atoms with Crippen molar-refractivity contribution in [1.29, 1.82) is 0 Å². The van der Waals surface area contributed by atoms with Crippen LogP contribution in [-0.2, 0) is 0 Å². The third-order valence-corrected chi connectivity index (χ3v) is 5.86. The highest BCUT2D eigenvalue weighted by Gasteiger charge is 2.42. The molecule has 1 aromatic heterocycles. The smallest absolute Gasteiger partial charge is 0.272 e. The summed E-state index contributed by atoms with van der Waals surface area (Å²) in [7, 11) is 0. The van der Waals surface area contributed by atoms with E-state index in [9.17, 15) is 4.79 Å². The van der Waals surface area contributed by atoms with Crippen LogP contribution >= 0.6 is 0 Å². The van der Waals surface area contributed by atoms with Gasteiger partial charge in [-0.1, -0.05) is 60.7 Å². The van der Waals surface area contributed by atoms with Gasteiger partial charge in [-0.05, 0) is 12.0 Å². The van der Waals surface area contributed by atoms with Crippen LogP contribution in [0.1, 0.15) is 28.5 Å². The van der Waals surface area contributed by atoms with Crippen LogP contribution in [0, 0.1) is 5.92 Å². The molecular weight excluding hydrogens is 350 g/mol. The first-order valence-electron chi connectivity index (χ1n) is 9.75. The Hall–Kier alpha value is -2.96. The monoisotopic (exact) mass is 373 g/mol. The number of nitrogens with zero attached hydrogens (tertiary/aromatic N) is 2. The molecular formula is C22H23N5O. The number of carbonyl (C=O) groups excluding carboxylic acids is 1. The first kappa shape index (κ1) is 17.2. The van der Waals surface area contributed by atoms with Gasteiger partial charge in [0.2, 0.25) is 0 Å². The number of aromatic amines is 1. The Balaban J connectivity index is 1.38. The zero-order valence-corrected chi connectivity index (χ0v) is 15.5. The zero-order chi connectivity index (χ0) is 18.9. The van der Waals surface area contributed by atoms with Crippen molar-refractivity contribution in [1.82, 2.24) is 25.7 Å². The van der Waals surface area contributed by atoms with Gasteiger partial charge < -0.3 is 9.88 Å². The number of piperidine rings is 1. The third kappa shape index (κ3) is 3.00. The molecule has 3 aromatic rings. The van der Waals surface area contributed by atoms with E-state index in [1.54, 1.807) is 6.33 Å². The Bertz CT molecular complexity index is 955. The van der Waals surface area contributed by atoms with Crippen LogP contribution in [0.5, 0.6) is 0 Å². The first-order chi connectivity index (χ1) is 13.8. The second-order valence-corrected chi connectivity index (χ2v) is 7.48. The summed E-state index contributed by atoms with van der Waals surface area (Å²) in [6.07, 6.45) is 2.54. The average molecular weight is 373 g/mol. The van der Waals surface area contributed by atoms with Gasteiger partial charge in [0.25, 0.3) is 5.91 Å². The van der Waals surface area contributed by atoms with Crippen molar-refractivity contribution in [2.75, 3.05) is 13.1 Å². The van der Waals surface area contributed by atoms with E-state index in [2.05, 4.69) is 45.1 Å². The van der Waals surface area contributed by atoms with E-state index >= 15 is 0 Å². The molecule has 3 unspecified atom stereocenters. The van der Waals surface area contributed by atoms with E-state index in [-0.39, 0.29) is 11.9 Å². The minimum atomic E-state index is 0.0218. The van der Waals surface area contributed by atoms with E-state index in [0.29, 0.717) is 17.7 Å². The van der Waals surface area contributed by atoms with Crippen LogP contribution in [0.25, 0.3) is 11.3 Å². The van der Waals surface area contributed by atoms with Gasteiger partial charge in [0.05, 0.1) is 12.4 Å². The van der Waals surface area contributed by atoms with Gasteiger partial charge in [0, 0.05) is 30.6 Å². The summed E-state index contributed by atoms with van der Waals surface area (Å²) in [6.45, 7) is 1.46. The Morgan fingerprint density at radius 2 is 1.75 bits per heavy atom. The second kappa shape index (κ2) is 7.22. The molecule has 0 bridgehead atoms. The largest absolute Gasteiger partial charge is 0.340 e. The van der Waals surface area contributed by atoms with E-state index in [0.717, 1.165) is 30.8 Å². The van der Waals surface area contributed by atoms with Gasteiger partial charge in [-0.15, -0.1) is 0 Å². The number of nitrogens with one attached hydrogen (secondary N) is 3. The quantitative estimate of drug-likeness (QED) is 0.660. The molecule has 0 aliphatic carbocycles. The number of likely N-dealkylation sites (tertiary alicyclic amines) is 1. The average Bonchev–Trinajstić information content (AvgIpc) is 3.41. The Morgan fingerprint density at radius 3 is 2.54 bits per heavy atom. The molecule has 0 saturated carbocycles. The molecule has 5 rings (SSSR count). The van der Waals surface area contributed by atoms with Crippen LogP contribution in [0.4, 0.5) is 0 Å². The van der Waals surface area contributed by atoms with Gasteiger partial charge in [-0.3, -0.25) is 10.2 Å². The lowest BCUT2D eigenvalue weighted by atomic mass is 9.85.